The number of ether oxygens (including phenoxy) is 1. The number of rotatable bonds is 5. The summed E-state index contributed by atoms with van der Waals surface area (Å²) in [4.78, 5) is 36.4. The number of amides is 3. The molecule has 0 aromatic heterocycles. The Kier molecular flexibility index (Phi) is 3.94. The summed E-state index contributed by atoms with van der Waals surface area (Å²) in [7, 11) is 1.51. The molecule has 8 heteroatoms. The van der Waals surface area contributed by atoms with E-state index in [-0.39, 0.29) is 18.1 Å². The Balaban J connectivity index is 2.17. The molecule has 2 rings (SSSR count). The molecule has 1 saturated heterocycles. The van der Waals surface area contributed by atoms with Crippen molar-refractivity contribution in [2.75, 3.05) is 31.7 Å². The molecule has 0 atom stereocenters. The summed E-state index contributed by atoms with van der Waals surface area (Å²) >= 11 is 0. The van der Waals surface area contributed by atoms with Gasteiger partial charge in [0.25, 0.3) is 11.6 Å². The first-order valence-electron chi connectivity index (χ1n) is 5.90. The van der Waals surface area contributed by atoms with Gasteiger partial charge < -0.3 is 9.64 Å². The van der Waals surface area contributed by atoms with E-state index in [0.29, 0.717) is 18.8 Å². The molecule has 8 nitrogen and oxygen atoms in total. The lowest BCUT2D eigenvalue weighted by Gasteiger charge is -2.16. The largest absolute Gasteiger partial charge is 0.383 e. The summed E-state index contributed by atoms with van der Waals surface area (Å²) in [6, 6.07) is 4.84. The molecule has 1 heterocycles. The van der Waals surface area contributed by atoms with Crippen molar-refractivity contribution in [2.24, 2.45) is 0 Å². The molecular formula is C12H13N3O5. The molecule has 0 bridgehead atoms. The molecule has 0 spiro atoms. The Morgan fingerprint density at radius 3 is 2.50 bits per heavy atom. The number of methoxy groups -OCH3 is 1. The van der Waals surface area contributed by atoms with Crippen LogP contribution in [0.4, 0.5) is 16.2 Å². The highest BCUT2D eigenvalue weighted by atomic mass is 16.6. The van der Waals surface area contributed by atoms with Gasteiger partial charge in [-0.15, -0.1) is 0 Å². The van der Waals surface area contributed by atoms with E-state index < -0.39 is 11.0 Å². The predicted octanol–water partition coefficient (Wildman–Crippen LogP) is 1.01. The summed E-state index contributed by atoms with van der Waals surface area (Å²) in [6.07, 6.45) is 0. The molecule has 0 N–H and O–H groups in total. The molecule has 1 aromatic rings. The SMILES string of the molecule is COCCN1CC(=O)N(c2ccc([N+](=O)[O-])cc2)C1=O. The van der Waals surface area contributed by atoms with Crippen LogP contribution in [-0.4, -0.2) is 48.6 Å². The fourth-order valence-corrected chi connectivity index (χ4v) is 1.90. The summed E-state index contributed by atoms with van der Waals surface area (Å²) in [6.45, 7) is 0.650. The average Bonchev–Trinajstić information content (AvgIpc) is 2.71. The van der Waals surface area contributed by atoms with Crippen molar-refractivity contribution in [1.29, 1.82) is 0 Å². The van der Waals surface area contributed by atoms with E-state index in [9.17, 15) is 19.7 Å². The van der Waals surface area contributed by atoms with E-state index in [2.05, 4.69) is 0 Å². The highest BCUT2D eigenvalue weighted by Gasteiger charge is 2.36. The zero-order valence-electron chi connectivity index (χ0n) is 10.8. The Morgan fingerprint density at radius 1 is 1.30 bits per heavy atom. The molecule has 0 aliphatic carbocycles. The Bertz CT molecular complexity index is 543. The zero-order valence-corrected chi connectivity index (χ0v) is 10.8. The summed E-state index contributed by atoms with van der Waals surface area (Å²) < 4.78 is 4.87. The Hall–Kier alpha value is -2.48. The van der Waals surface area contributed by atoms with Gasteiger partial charge in [0.2, 0.25) is 0 Å². The quantitative estimate of drug-likeness (QED) is 0.455. The van der Waals surface area contributed by atoms with Gasteiger partial charge in [0.1, 0.15) is 6.54 Å². The molecule has 106 valence electrons. The second-order valence-electron chi connectivity index (χ2n) is 4.20. The molecule has 0 radical (unpaired) electrons. The fraction of sp³-hybridized carbons (Fsp3) is 0.333. The lowest BCUT2D eigenvalue weighted by molar-refractivity contribution is -0.384. The highest BCUT2D eigenvalue weighted by molar-refractivity contribution is 6.19. The van der Waals surface area contributed by atoms with E-state index in [4.69, 9.17) is 4.74 Å². The van der Waals surface area contributed by atoms with E-state index >= 15 is 0 Å². The molecule has 1 aliphatic heterocycles. The number of carbonyl (C=O) groups is 2. The van der Waals surface area contributed by atoms with Gasteiger partial charge in [0.15, 0.2) is 0 Å². The molecule has 3 amide bonds. The number of nitro groups is 1. The lowest BCUT2D eigenvalue weighted by Crippen LogP contribution is -2.34. The molecule has 20 heavy (non-hydrogen) atoms. The average molecular weight is 279 g/mol. The summed E-state index contributed by atoms with van der Waals surface area (Å²) in [5.74, 6) is -0.361. The Morgan fingerprint density at radius 2 is 1.95 bits per heavy atom. The van der Waals surface area contributed by atoms with Crippen molar-refractivity contribution in [3.05, 3.63) is 34.4 Å². The van der Waals surface area contributed by atoms with Crippen LogP contribution in [0.2, 0.25) is 0 Å². The van der Waals surface area contributed by atoms with Gasteiger partial charge in [-0.3, -0.25) is 14.9 Å². The smallest absolute Gasteiger partial charge is 0.331 e. The van der Waals surface area contributed by atoms with Crippen LogP contribution in [0.25, 0.3) is 0 Å². The van der Waals surface area contributed by atoms with Crippen LogP contribution in [0.3, 0.4) is 0 Å². The number of hydrogen-bond donors (Lipinski definition) is 0. The number of benzene rings is 1. The van der Waals surface area contributed by atoms with Crippen LogP contribution < -0.4 is 4.90 Å². The zero-order chi connectivity index (χ0) is 14.7. The van der Waals surface area contributed by atoms with Gasteiger partial charge in [-0.2, -0.15) is 0 Å². The lowest BCUT2D eigenvalue weighted by atomic mass is 10.2. The molecular weight excluding hydrogens is 266 g/mol. The number of nitrogens with zero attached hydrogens (tertiary/aromatic N) is 3. The van der Waals surface area contributed by atoms with E-state index in [1.54, 1.807) is 0 Å². The van der Waals surface area contributed by atoms with Crippen LogP contribution in [0.15, 0.2) is 24.3 Å². The molecule has 1 aromatic carbocycles. The third kappa shape index (κ3) is 2.59. The van der Waals surface area contributed by atoms with Gasteiger partial charge in [-0.05, 0) is 12.1 Å². The van der Waals surface area contributed by atoms with Gasteiger partial charge in [0, 0.05) is 25.8 Å². The first-order chi connectivity index (χ1) is 9.54. The maximum absolute atomic E-state index is 12.1. The van der Waals surface area contributed by atoms with Crippen molar-refractivity contribution < 1.29 is 19.2 Å². The van der Waals surface area contributed by atoms with E-state index in [1.807, 2.05) is 0 Å². The van der Waals surface area contributed by atoms with Gasteiger partial charge >= 0.3 is 6.03 Å². The van der Waals surface area contributed by atoms with Gasteiger partial charge in [-0.1, -0.05) is 0 Å². The number of urea groups is 1. The number of non-ortho nitro benzene ring substituents is 1. The maximum atomic E-state index is 12.1. The first kappa shape index (κ1) is 13.9. The third-order valence-corrected chi connectivity index (χ3v) is 2.92. The van der Waals surface area contributed by atoms with Crippen LogP contribution in [-0.2, 0) is 9.53 Å². The topological polar surface area (TPSA) is 93.0 Å². The van der Waals surface area contributed by atoms with Crippen LogP contribution in [0.5, 0.6) is 0 Å². The summed E-state index contributed by atoms with van der Waals surface area (Å²) in [5.41, 5.74) is 0.231. The number of anilines is 1. The number of carbonyl (C=O) groups excluding carboxylic acids is 2. The monoisotopic (exact) mass is 279 g/mol. The van der Waals surface area contributed by atoms with Crippen molar-refractivity contribution in [2.45, 2.75) is 0 Å². The fourth-order valence-electron chi connectivity index (χ4n) is 1.90. The van der Waals surface area contributed by atoms with Crippen molar-refractivity contribution >= 4 is 23.3 Å². The predicted molar refractivity (Wildman–Crippen MR) is 69.4 cm³/mol. The number of nitro benzene ring substituents is 1. The van der Waals surface area contributed by atoms with Crippen LogP contribution in [0.1, 0.15) is 0 Å². The third-order valence-electron chi connectivity index (χ3n) is 2.92. The molecule has 1 aliphatic rings. The van der Waals surface area contributed by atoms with Gasteiger partial charge in [-0.25, -0.2) is 9.69 Å². The molecule has 0 saturated carbocycles. The first-order valence-corrected chi connectivity index (χ1v) is 5.90. The minimum absolute atomic E-state index is 0.0147. The van der Waals surface area contributed by atoms with Crippen molar-refractivity contribution in [1.82, 2.24) is 4.90 Å². The van der Waals surface area contributed by atoms with Gasteiger partial charge in [0.05, 0.1) is 17.2 Å². The second kappa shape index (κ2) is 5.66. The summed E-state index contributed by atoms with van der Waals surface area (Å²) in [5, 5.41) is 10.6. The minimum atomic E-state index is -0.539. The molecule has 0 unspecified atom stereocenters. The van der Waals surface area contributed by atoms with E-state index in [0.717, 1.165) is 4.90 Å². The maximum Gasteiger partial charge on any atom is 0.331 e. The van der Waals surface area contributed by atoms with Crippen LogP contribution in [0, 0.1) is 10.1 Å². The van der Waals surface area contributed by atoms with Crippen molar-refractivity contribution in [3.8, 4) is 0 Å². The standard InChI is InChI=1S/C12H13N3O5/c1-20-7-6-13-8-11(16)14(12(13)17)9-2-4-10(5-3-9)15(18)19/h2-5H,6-8H2,1H3. The normalized spacial score (nSPS) is 15.1. The highest BCUT2D eigenvalue weighted by Crippen LogP contribution is 2.23. The van der Waals surface area contributed by atoms with Crippen molar-refractivity contribution in [3.63, 3.8) is 0 Å². The minimum Gasteiger partial charge on any atom is -0.383 e. The molecule has 1 fully saturated rings. The number of hydrogen-bond acceptors (Lipinski definition) is 5. The van der Waals surface area contributed by atoms with E-state index in [1.165, 1.54) is 36.3 Å². The van der Waals surface area contributed by atoms with Crippen LogP contribution >= 0.6 is 0 Å². The Labute approximate surface area is 114 Å². The second-order valence-corrected chi connectivity index (χ2v) is 4.20. The number of imide groups is 1.